The first-order valence-corrected chi connectivity index (χ1v) is 11.7. The molecule has 0 aromatic heterocycles. The molecule has 0 amide bonds. The van der Waals surface area contributed by atoms with Crippen molar-refractivity contribution in [2.45, 2.75) is 46.0 Å². The lowest BCUT2D eigenvalue weighted by atomic mass is 10.0. The molecule has 1 aromatic carbocycles. The van der Waals surface area contributed by atoms with Crippen molar-refractivity contribution >= 4 is 29.9 Å². The highest BCUT2D eigenvalue weighted by molar-refractivity contribution is 14.0. The molecular weight excluding hydrogens is 517 g/mol. The minimum atomic E-state index is 0. The van der Waals surface area contributed by atoms with Crippen molar-refractivity contribution in [2.24, 2.45) is 10.9 Å². The number of hydrogen-bond donors (Lipinski definition) is 2. The fourth-order valence-electron chi connectivity index (χ4n) is 4.43. The maximum absolute atomic E-state index is 5.66. The van der Waals surface area contributed by atoms with Crippen molar-refractivity contribution < 1.29 is 9.47 Å². The van der Waals surface area contributed by atoms with Gasteiger partial charge in [0.1, 0.15) is 0 Å². The average Bonchev–Trinajstić information content (AvgIpc) is 2.77. The maximum atomic E-state index is 5.66. The minimum absolute atomic E-state index is 0. The third kappa shape index (κ3) is 8.78. The third-order valence-electron chi connectivity index (χ3n) is 6.17. The van der Waals surface area contributed by atoms with E-state index >= 15 is 0 Å². The van der Waals surface area contributed by atoms with E-state index in [1.165, 1.54) is 11.1 Å². The van der Waals surface area contributed by atoms with Crippen LogP contribution in [0.1, 0.15) is 31.9 Å². The van der Waals surface area contributed by atoms with Crippen LogP contribution in [0.2, 0.25) is 0 Å². The molecule has 2 fully saturated rings. The largest absolute Gasteiger partial charge is 0.379 e. The zero-order chi connectivity index (χ0) is 22.1. The molecule has 3 rings (SSSR count). The van der Waals surface area contributed by atoms with E-state index in [9.17, 15) is 0 Å². The number of guanidine groups is 1. The van der Waals surface area contributed by atoms with E-state index in [4.69, 9.17) is 9.47 Å². The zero-order valence-electron chi connectivity index (χ0n) is 20.2. The smallest absolute Gasteiger partial charge is 0.191 e. The lowest BCUT2D eigenvalue weighted by Crippen LogP contribution is -2.52. The molecule has 0 saturated carbocycles. The maximum Gasteiger partial charge on any atom is 0.191 e. The van der Waals surface area contributed by atoms with E-state index in [-0.39, 0.29) is 24.0 Å². The number of nitrogens with zero attached hydrogens (tertiary/aromatic N) is 3. The first-order chi connectivity index (χ1) is 15.0. The molecule has 0 bridgehead atoms. The van der Waals surface area contributed by atoms with E-state index in [0.717, 1.165) is 71.6 Å². The number of ether oxygens (including phenoxy) is 2. The standard InChI is InChI=1S/C24H41N5O2.HI/c1-19(2)23(29-9-11-30-12-10-29)16-27-24(25-4)26-15-21-6-5-7-22(14-21)18-28-8-13-31-20(3)17-28;/h5-7,14,19-20,23H,8-13,15-18H2,1-4H3,(H2,25,26,27);1H. The number of rotatable bonds is 8. The van der Waals surface area contributed by atoms with Crippen molar-refractivity contribution in [3.8, 4) is 0 Å². The highest BCUT2D eigenvalue weighted by Crippen LogP contribution is 2.13. The molecule has 32 heavy (non-hydrogen) atoms. The van der Waals surface area contributed by atoms with Gasteiger partial charge in [-0.2, -0.15) is 0 Å². The Kier molecular flexibility index (Phi) is 12.2. The highest BCUT2D eigenvalue weighted by Gasteiger charge is 2.24. The summed E-state index contributed by atoms with van der Waals surface area (Å²) >= 11 is 0. The van der Waals surface area contributed by atoms with Crippen LogP contribution < -0.4 is 10.6 Å². The van der Waals surface area contributed by atoms with E-state index < -0.39 is 0 Å². The van der Waals surface area contributed by atoms with Crippen molar-refractivity contribution in [1.82, 2.24) is 20.4 Å². The predicted octanol–water partition coefficient (Wildman–Crippen LogP) is 2.55. The quantitative estimate of drug-likeness (QED) is 0.290. The van der Waals surface area contributed by atoms with Gasteiger partial charge in [-0.3, -0.25) is 14.8 Å². The number of hydrogen-bond acceptors (Lipinski definition) is 5. The monoisotopic (exact) mass is 559 g/mol. The molecular formula is C24H42IN5O2. The highest BCUT2D eigenvalue weighted by atomic mass is 127. The normalized spacial score (nSPS) is 21.8. The number of aliphatic imine (C=N–C) groups is 1. The average molecular weight is 560 g/mol. The molecule has 2 heterocycles. The molecule has 2 N–H and O–H groups in total. The molecule has 0 aliphatic carbocycles. The van der Waals surface area contributed by atoms with Crippen molar-refractivity contribution in [3.05, 3.63) is 35.4 Å². The zero-order valence-corrected chi connectivity index (χ0v) is 22.5. The van der Waals surface area contributed by atoms with Crippen molar-refractivity contribution in [2.75, 3.05) is 59.6 Å². The predicted molar refractivity (Wildman–Crippen MR) is 142 cm³/mol. The number of benzene rings is 1. The molecule has 8 heteroatoms. The Hall–Kier alpha value is -0.940. The Morgan fingerprint density at radius 3 is 2.56 bits per heavy atom. The van der Waals surface area contributed by atoms with E-state index in [1.807, 2.05) is 7.05 Å². The molecule has 2 saturated heterocycles. The molecule has 2 aliphatic rings. The van der Waals surface area contributed by atoms with E-state index in [2.05, 4.69) is 70.5 Å². The summed E-state index contributed by atoms with van der Waals surface area (Å²) in [6.45, 7) is 15.8. The molecule has 2 aliphatic heterocycles. The summed E-state index contributed by atoms with van der Waals surface area (Å²) in [6.07, 6.45) is 0.320. The van der Waals surface area contributed by atoms with Crippen LogP contribution >= 0.6 is 24.0 Å². The van der Waals surface area contributed by atoms with Gasteiger partial charge in [0.15, 0.2) is 5.96 Å². The Morgan fingerprint density at radius 2 is 1.88 bits per heavy atom. The number of morpholine rings is 2. The van der Waals surface area contributed by atoms with Crippen LogP contribution in [0.4, 0.5) is 0 Å². The second-order valence-corrected chi connectivity index (χ2v) is 9.00. The van der Waals surface area contributed by atoms with E-state index in [0.29, 0.717) is 18.1 Å². The molecule has 0 radical (unpaired) electrons. The first-order valence-electron chi connectivity index (χ1n) is 11.7. The van der Waals surface area contributed by atoms with Crippen molar-refractivity contribution in [3.63, 3.8) is 0 Å². The van der Waals surface area contributed by atoms with Gasteiger partial charge < -0.3 is 20.1 Å². The SMILES string of the molecule is CN=C(NCc1cccc(CN2CCOC(C)C2)c1)NCC(C(C)C)N1CCOCC1.I. The fourth-order valence-corrected chi connectivity index (χ4v) is 4.43. The van der Waals surface area contributed by atoms with Crippen LogP contribution in [0, 0.1) is 5.92 Å². The lowest BCUT2D eigenvalue weighted by molar-refractivity contribution is -0.0212. The van der Waals surface area contributed by atoms with Crippen LogP contribution in [-0.2, 0) is 22.6 Å². The summed E-state index contributed by atoms with van der Waals surface area (Å²) < 4.78 is 11.2. The second kappa shape index (κ2) is 14.3. The molecule has 2 unspecified atom stereocenters. The Labute approximate surface area is 211 Å². The molecule has 7 nitrogen and oxygen atoms in total. The summed E-state index contributed by atoms with van der Waals surface area (Å²) in [5.74, 6) is 1.43. The van der Waals surface area contributed by atoms with Crippen LogP contribution in [0.3, 0.4) is 0 Å². The van der Waals surface area contributed by atoms with E-state index in [1.54, 1.807) is 0 Å². The van der Waals surface area contributed by atoms with Gasteiger partial charge in [-0.1, -0.05) is 38.1 Å². The second-order valence-electron chi connectivity index (χ2n) is 9.00. The van der Waals surface area contributed by atoms with Gasteiger partial charge >= 0.3 is 0 Å². The van der Waals surface area contributed by atoms with Gasteiger partial charge in [0.05, 0.1) is 25.9 Å². The third-order valence-corrected chi connectivity index (χ3v) is 6.17. The van der Waals surface area contributed by atoms with Gasteiger partial charge in [0.2, 0.25) is 0 Å². The van der Waals surface area contributed by atoms with Crippen LogP contribution in [0.15, 0.2) is 29.3 Å². The van der Waals surface area contributed by atoms with Gasteiger partial charge in [-0.05, 0) is 24.0 Å². The van der Waals surface area contributed by atoms with Crippen molar-refractivity contribution in [1.29, 1.82) is 0 Å². The van der Waals surface area contributed by atoms with Gasteiger partial charge in [0, 0.05) is 58.9 Å². The minimum Gasteiger partial charge on any atom is -0.379 e. The summed E-state index contributed by atoms with van der Waals surface area (Å²) in [5.41, 5.74) is 2.62. The summed E-state index contributed by atoms with van der Waals surface area (Å²) in [4.78, 5) is 9.44. The fraction of sp³-hybridized carbons (Fsp3) is 0.708. The Balaban J connectivity index is 0.00000363. The summed E-state index contributed by atoms with van der Waals surface area (Å²) in [6, 6.07) is 9.31. The first kappa shape index (κ1) is 27.3. The topological polar surface area (TPSA) is 61.4 Å². The van der Waals surface area contributed by atoms with Gasteiger partial charge in [-0.15, -0.1) is 24.0 Å². The molecule has 2 atom stereocenters. The Morgan fingerprint density at radius 1 is 1.12 bits per heavy atom. The van der Waals surface area contributed by atoms with Gasteiger partial charge in [-0.25, -0.2) is 0 Å². The molecule has 1 aromatic rings. The number of halogens is 1. The summed E-state index contributed by atoms with van der Waals surface area (Å²) in [7, 11) is 1.84. The Bertz CT molecular complexity index is 697. The van der Waals surface area contributed by atoms with Gasteiger partial charge in [0.25, 0.3) is 0 Å². The van der Waals surface area contributed by atoms with Crippen LogP contribution in [0.5, 0.6) is 0 Å². The molecule has 0 spiro atoms. The van der Waals surface area contributed by atoms with Crippen LogP contribution in [-0.4, -0.2) is 87.5 Å². The number of nitrogens with one attached hydrogen (secondary N) is 2. The summed E-state index contributed by atoms with van der Waals surface area (Å²) in [5, 5.41) is 7.02. The lowest BCUT2D eigenvalue weighted by Gasteiger charge is -2.37. The molecule has 182 valence electrons. The van der Waals surface area contributed by atoms with Crippen LogP contribution in [0.25, 0.3) is 0 Å².